The number of aromatic amines is 1. The van der Waals surface area contributed by atoms with Gasteiger partial charge in [-0.1, -0.05) is 6.07 Å². The smallest absolute Gasteiger partial charge is 0.271 e. The molecule has 5 nitrogen and oxygen atoms in total. The first-order valence-corrected chi connectivity index (χ1v) is 7.91. The van der Waals surface area contributed by atoms with Gasteiger partial charge in [-0.3, -0.25) is 14.6 Å². The first kappa shape index (κ1) is 15.5. The minimum absolute atomic E-state index is 0.0134. The molecule has 23 heavy (non-hydrogen) atoms. The normalized spacial score (nSPS) is 17.5. The third kappa shape index (κ3) is 2.67. The van der Waals surface area contributed by atoms with Gasteiger partial charge in [-0.2, -0.15) is 0 Å². The predicted octanol–water partition coefficient (Wildman–Crippen LogP) is 3.21. The Morgan fingerprint density at radius 3 is 2.74 bits per heavy atom. The van der Waals surface area contributed by atoms with E-state index >= 15 is 0 Å². The third-order valence-electron chi connectivity index (χ3n) is 4.59. The molecule has 1 N–H and O–H groups in total. The summed E-state index contributed by atoms with van der Waals surface area (Å²) < 4.78 is 0. The summed E-state index contributed by atoms with van der Waals surface area (Å²) in [4.78, 5) is 33.9. The van der Waals surface area contributed by atoms with Crippen molar-refractivity contribution in [2.24, 2.45) is 0 Å². The van der Waals surface area contributed by atoms with E-state index in [1.54, 1.807) is 6.20 Å². The topological polar surface area (TPSA) is 66.1 Å². The highest BCUT2D eigenvalue weighted by Crippen LogP contribution is 2.33. The number of carbonyl (C=O) groups is 2. The van der Waals surface area contributed by atoms with Crippen LogP contribution in [-0.4, -0.2) is 33.1 Å². The highest BCUT2D eigenvalue weighted by atomic mass is 16.2. The molecule has 3 heterocycles. The summed E-state index contributed by atoms with van der Waals surface area (Å²) in [5, 5.41) is 0. The number of nitrogens with one attached hydrogen (secondary N) is 1. The largest absolute Gasteiger partial charge is 0.354 e. The van der Waals surface area contributed by atoms with Crippen LogP contribution in [0.15, 0.2) is 24.5 Å². The molecule has 0 spiro atoms. The van der Waals surface area contributed by atoms with E-state index in [-0.39, 0.29) is 17.7 Å². The first-order valence-electron chi connectivity index (χ1n) is 7.91. The van der Waals surface area contributed by atoms with Crippen molar-refractivity contribution in [2.45, 2.75) is 39.7 Å². The lowest BCUT2D eigenvalue weighted by Crippen LogP contribution is -2.31. The zero-order chi connectivity index (χ0) is 16.6. The molecule has 0 radical (unpaired) electrons. The molecule has 1 aliphatic rings. The molecule has 3 rings (SSSR count). The average Bonchev–Trinajstić information content (AvgIpc) is 3.12. The molecule has 1 amide bonds. The number of likely N-dealkylation sites (tertiary alicyclic amines) is 1. The van der Waals surface area contributed by atoms with Gasteiger partial charge in [0.2, 0.25) is 0 Å². The Bertz CT molecular complexity index is 749. The average molecular weight is 311 g/mol. The number of hydrogen-bond donors (Lipinski definition) is 1. The molecule has 0 aliphatic carbocycles. The Kier molecular flexibility index (Phi) is 4.03. The van der Waals surface area contributed by atoms with E-state index in [1.807, 2.05) is 37.1 Å². The second kappa shape index (κ2) is 5.99. The molecular formula is C18H21N3O2. The van der Waals surface area contributed by atoms with Gasteiger partial charge in [0.1, 0.15) is 5.69 Å². The summed E-state index contributed by atoms with van der Waals surface area (Å²) in [6.07, 6.45) is 5.48. The van der Waals surface area contributed by atoms with Gasteiger partial charge in [0.25, 0.3) is 5.91 Å². The zero-order valence-electron chi connectivity index (χ0n) is 13.7. The molecule has 0 saturated carbocycles. The maximum absolute atomic E-state index is 13.0. The molecule has 0 bridgehead atoms. The van der Waals surface area contributed by atoms with Crippen molar-refractivity contribution in [3.8, 4) is 0 Å². The van der Waals surface area contributed by atoms with E-state index in [0.29, 0.717) is 11.3 Å². The van der Waals surface area contributed by atoms with Gasteiger partial charge in [-0.05, 0) is 50.8 Å². The fourth-order valence-corrected chi connectivity index (χ4v) is 3.56. The van der Waals surface area contributed by atoms with E-state index in [2.05, 4.69) is 9.97 Å². The van der Waals surface area contributed by atoms with Crippen molar-refractivity contribution >= 4 is 11.7 Å². The predicted molar refractivity (Wildman–Crippen MR) is 87.5 cm³/mol. The number of H-pyrrole nitrogens is 1. The van der Waals surface area contributed by atoms with Crippen LogP contribution in [0.1, 0.15) is 63.5 Å². The molecule has 1 fully saturated rings. The van der Waals surface area contributed by atoms with Crippen molar-refractivity contribution in [1.82, 2.24) is 14.9 Å². The number of carbonyl (C=O) groups excluding carboxylic acids is 2. The standard InChI is InChI=1S/C18H21N3O2/c1-11-16(13(3)22)12(2)20-17(11)18(23)21-9-5-7-15(21)14-6-4-8-19-10-14/h4,6,8,10,15,20H,5,7,9H2,1-3H3. The van der Waals surface area contributed by atoms with Gasteiger partial charge in [-0.25, -0.2) is 0 Å². The van der Waals surface area contributed by atoms with Gasteiger partial charge >= 0.3 is 0 Å². The van der Waals surface area contributed by atoms with Crippen molar-refractivity contribution in [3.63, 3.8) is 0 Å². The molecule has 2 aromatic rings. The Morgan fingerprint density at radius 1 is 1.35 bits per heavy atom. The van der Waals surface area contributed by atoms with Gasteiger partial charge in [0.15, 0.2) is 5.78 Å². The fraction of sp³-hybridized carbons (Fsp3) is 0.389. The molecule has 1 saturated heterocycles. The number of rotatable bonds is 3. The Hall–Kier alpha value is -2.43. The molecule has 1 atom stereocenters. The highest BCUT2D eigenvalue weighted by molar-refractivity contribution is 6.02. The van der Waals surface area contributed by atoms with Crippen molar-refractivity contribution in [3.05, 3.63) is 52.6 Å². The Balaban J connectivity index is 1.94. The van der Waals surface area contributed by atoms with E-state index in [1.165, 1.54) is 6.92 Å². The summed E-state index contributed by atoms with van der Waals surface area (Å²) >= 11 is 0. The molecule has 1 unspecified atom stereocenters. The van der Waals surface area contributed by atoms with E-state index in [0.717, 1.165) is 36.2 Å². The number of Topliss-reactive ketones (excluding diaryl/α,β-unsaturated/α-hetero) is 1. The molecule has 5 heteroatoms. The van der Waals surface area contributed by atoms with Crippen LogP contribution in [0.4, 0.5) is 0 Å². The van der Waals surface area contributed by atoms with Gasteiger partial charge in [-0.15, -0.1) is 0 Å². The van der Waals surface area contributed by atoms with Crippen LogP contribution in [0.25, 0.3) is 0 Å². The second-order valence-corrected chi connectivity index (χ2v) is 6.12. The molecule has 1 aliphatic heterocycles. The number of aromatic nitrogens is 2. The lowest BCUT2D eigenvalue weighted by atomic mass is 10.0. The summed E-state index contributed by atoms with van der Waals surface area (Å²) in [5.74, 6) is -0.0509. The maximum Gasteiger partial charge on any atom is 0.271 e. The lowest BCUT2D eigenvalue weighted by Gasteiger charge is -2.24. The Labute approximate surface area is 135 Å². The highest BCUT2D eigenvalue weighted by Gasteiger charge is 2.33. The van der Waals surface area contributed by atoms with E-state index in [9.17, 15) is 9.59 Å². The van der Waals surface area contributed by atoms with Gasteiger partial charge in [0, 0.05) is 30.2 Å². The SMILES string of the molecule is CC(=O)c1c(C)[nH]c(C(=O)N2CCCC2c2cccnc2)c1C. The minimum atomic E-state index is -0.0375. The molecule has 0 aromatic carbocycles. The second-order valence-electron chi connectivity index (χ2n) is 6.12. The Morgan fingerprint density at radius 2 is 2.13 bits per heavy atom. The fourth-order valence-electron chi connectivity index (χ4n) is 3.56. The van der Waals surface area contributed by atoms with Crippen LogP contribution in [0.2, 0.25) is 0 Å². The summed E-state index contributed by atoms with van der Waals surface area (Å²) in [7, 11) is 0. The van der Waals surface area contributed by atoms with Crippen molar-refractivity contribution in [1.29, 1.82) is 0 Å². The molecular weight excluding hydrogens is 290 g/mol. The summed E-state index contributed by atoms with van der Waals surface area (Å²) in [6, 6.07) is 3.96. The summed E-state index contributed by atoms with van der Waals surface area (Å²) in [5.41, 5.74) is 3.73. The number of amides is 1. The third-order valence-corrected chi connectivity index (χ3v) is 4.59. The van der Waals surface area contributed by atoms with Gasteiger partial charge < -0.3 is 9.88 Å². The van der Waals surface area contributed by atoms with Crippen LogP contribution in [0.3, 0.4) is 0 Å². The van der Waals surface area contributed by atoms with Crippen molar-refractivity contribution < 1.29 is 9.59 Å². The minimum Gasteiger partial charge on any atom is -0.354 e. The number of nitrogens with zero attached hydrogens (tertiary/aromatic N) is 2. The van der Waals surface area contributed by atoms with Crippen LogP contribution < -0.4 is 0 Å². The van der Waals surface area contributed by atoms with E-state index in [4.69, 9.17) is 0 Å². The zero-order valence-corrected chi connectivity index (χ0v) is 13.7. The van der Waals surface area contributed by atoms with Crippen LogP contribution >= 0.6 is 0 Å². The monoisotopic (exact) mass is 311 g/mol. The van der Waals surface area contributed by atoms with Crippen LogP contribution in [0.5, 0.6) is 0 Å². The number of ketones is 1. The van der Waals surface area contributed by atoms with Crippen LogP contribution in [-0.2, 0) is 0 Å². The number of aryl methyl sites for hydroxylation is 1. The lowest BCUT2D eigenvalue weighted by molar-refractivity contribution is 0.0729. The number of hydrogen-bond acceptors (Lipinski definition) is 3. The van der Waals surface area contributed by atoms with Crippen molar-refractivity contribution in [2.75, 3.05) is 6.54 Å². The molecule has 120 valence electrons. The van der Waals surface area contributed by atoms with Gasteiger partial charge in [0.05, 0.1) is 6.04 Å². The first-order chi connectivity index (χ1) is 11.0. The molecule has 2 aromatic heterocycles. The summed E-state index contributed by atoms with van der Waals surface area (Å²) in [6.45, 7) is 5.93. The number of pyridine rings is 1. The van der Waals surface area contributed by atoms with E-state index < -0.39 is 0 Å². The van der Waals surface area contributed by atoms with Crippen LogP contribution in [0, 0.1) is 13.8 Å². The quantitative estimate of drug-likeness (QED) is 0.885. The maximum atomic E-state index is 13.0.